The highest BCUT2D eigenvalue weighted by atomic mass is 32.1. The van der Waals surface area contributed by atoms with E-state index in [9.17, 15) is 0 Å². The second-order valence-corrected chi connectivity index (χ2v) is 3.39. The Labute approximate surface area is 61.6 Å². The van der Waals surface area contributed by atoms with Gasteiger partial charge in [-0.25, -0.2) is 0 Å². The van der Waals surface area contributed by atoms with Crippen LogP contribution in [0.5, 0.6) is 0 Å². The summed E-state index contributed by atoms with van der Waals surface area (Å²) in [5.74, 6) is 0. The summed E-state index contributed by atoms with van der Waals surface area (Å²) in [4.78, 5) is 0. The minimum atomic E-state index is 0.0320. The van der Waals surface area contributed by atoms with Gasteiger partial charge in [0.2, 0.25) is 0 Å². The van der Waals surface area contributed by atoms with E-state index >= 15 is 0 Å². The fourth-order valence-electron chi connectivity index (χ4n) is 0.279. The molecule has 0 spiro atoms. The molecule has 0 N–H and O–H groups in total. The van der Waals surface area contributed by atoms with Gasteiger partial charge in [-0.2, -0.15) is 12.6 Å². The van der Waals surface area contributed by atoms with Gasteiger partial charge in [0.25, 0.3) is 0 Å². The molecular weight excluding hydrogens is 140 g/mol. The second-order valence-electron chi connectivity index (χ2n) is 1.78. The van der Waals surface area contributed by atoms with Crippen LogP contribution in [-0.2, 0) is 4.74 Å². The molecule has 0 radical (unpaired) electrons. The van der Waals surface area contributed by atoms with Crippen molar-refractivity contribution in [3.8, 4) is 0 Å². The Kier molecular flexibility index (Phi) is 4.90. The summed E-state index contributed by atoms with van der Waals surface area (Å²) >= 11 is 8.13. The van der Waals surface area contributed by atoms with Crippen LogP contribution in [-0.4, -0.2) is 17.3 Å². The van der Waals surface area contributed by atoms with Crippen molar-refractivity contribution in [2.75, 3.05) is 6.61 Å². The molecule has 0 aromatic carbocycles. The van der Waals surface area contributed by atoms with Gasteiger partial charge in [0.1, 0.15) is 0 Å². The third-order valence-electron chi connectivity index (χ3n) is 0.579. The minimum absolute atomic E-state index is 0.0320. The van der Waals surface area contributed by atoms with Crippen LogP contribution in [0.3, 0.4) is 0 Å². The summed E-state index contributed by atoms with van der Waals surface area (Å²) in [6.45, 7) is 4.55. The van der Waals surface area contributed by atoms with E-state index in [4.69, 9.17) is 4.74 Å². The van der Waals surface area contributed by atoms with Crippen molar-refractivity contribution in [3.63, 3.8) is 0 Å². The van der Waals surface area contributed by atoms with E-state index in [1.54, 1.807) is 0 Å². The molecular formula is C5H12OS2. The van der Waals surface area contributed by atoms with Crippen LogP contribution in [0.2, 0.25) is 0 Å². The summed E-state index contributed by atoms with van der Waals surface area (Å²) in [6, 6.07) is 0. The van der Waals surface area contributed by atoms with Gasteiger partial charge >= 0.3 is 0 Å². The lowest BCUT2D eigenvalue weighted by Gasteiger charge is -2.07. The molecule has 3 heteroatoms. The predicted octanol–water partition coefficient (Wildman–Crippen LogP) is 1.60. The third-order valence-corrected chi connectivity index (χ3v) is 0.877. The zero-order valence-electron chi connectivity index (χ0n) is 5.16. The maximum atomic E-state index is 5.09. The Balaban J connectivity index is 2.93. The molecule has 0 aliphatic rings. The van der Waals surface area contributed by atoms with Gasteiger partial charge in [0.05, 0.1) is 12.0 Å². The quantitative estimate of drug-likeness (QED) is 0.461. The largest absolute Gasteiger partial charge is 0.367 e. The van der Waals surface area contributed by atoms with Gasteiger partial charge in [0, 0.05) is 5.25 Å². The van der Waals surface area contributed by atoms with E-state index in [0.717, 1.165) is 0 Å². The van der Waals surface area contributed by atoms with Crippen molar-refractivity contribution in [2.45, 2.75) is 24.5 Å². The van der Waals surface area contributed by atoms with Gasteiger partial charge in [-0.05, 0) is 6.92 Å². The van der Waals surface area contributed by atoms with Crippen LogP contribution >= 0.6 is 25.3 Å². The number of hydrogen-bond acceptors (Lipinski definition) is 3. The molecule has 2 atom stereocenters. The maximum Gasteiger partial charge on any atom is 0.0971 e. The van der Waals surface area contributed by atoms with Gasteiger partial charge in [-0.15, -0.1) is 12.6 Å². The lowest BCUT2D eigenvalue weighted by Crippen LogP contribution is -2.08. The monoisotopic (exact) mass is 152 g/mol. The molecule has 50 valence electrons. The van der Waals surface area contributed by atoms with E-state index in [1.807, 2.05) is 13.8 Å². The number of ether oxygens (including phenoxy) is 1. The van der Waals surface area contributed by atoms with E-state index in [2.05, 4.69) is 25.3 Å². The van der Waals surface area contributed by atoms with E-state index in [-0.39, 0.29) is 5.44 Å². The average molecular weight is 152 g/mol. The van der Waals surface area contributed by atoms with Crippen molar-refractivity contribution in [3.05, 3.63) is 0 Å². The smallest absolute Gasteiger partial charge is 0.0971 e. The normalized spacial score (nSPS) is 18.0. The summed E-state index contributed by atoms with van der Waals surface area (Å²) in [5, 5.41) is 0.310. The molecule has 0 aromatic rings. The SMILES string of the molecule is CC(S)COC(C)S. The van der Waals surface area contributed by atoms with Crippen LogP contribution in [0.15, 0.2) is 0 Å². The van der Waals surface area contributed by atoms with Gasteiger partial charge in [0.15, 0.2) is 0 Å². The lowest BCUT2D eigenvalue weighted by atomic mass is 10.5. The Bertz CT molecular complexity index is 46.4. The Morgan fingerprint density at radius 1 is 1.38 bits per heavy atom. The number of hydrogen-bond donors (Lipinski definition) is 2. The fraction of sp³-hybridized carbons (Fsp3) is 1.00. The molecule has 8 heavy (non-hydrogen) atoms. The fourth-order valence-corrected chi connectivity index (χ4v) is 0.451. The molecule has 0 aliphatic heterocycles. The third kappa shape index (κ3) is 6.66. The molecule has 0 heterocycles. The zero-order chi connectivity index (χ0) is 6.57. The molecule has 0 aliphatic carbocycles. The standard InChI is InChI=1S/C5H12OS2/c1-4(7)3-6-5(2)8/h4-5,7-8H,3H2,1-2H3. The Morgan fingerprint density at radius 3 is 2.00 bits per heavy atom. The maximum absolute atomic E-state index is 5.09. The summed E-state index contributed by atoms with van der Waals surface area (Å²) in [7, 11) is 0. The summed E-state index contributed by atoms with van der Waals surface area (Å²) in [6.07, 6.45) is 0. The predicted molar refractivity (Wildman–Crippen MR) is 42.8 cm³/mol. The Morgan fingerprint density at radius 2 is 1.88 bits per heavy atom. The van der Waals surface area contributed by atoms with Crippen molar-refractivity contribution in [1.29, 1.82) is 0 Å². The molecule has 2 unspecified atom stereocenters. The first-order valence-corrected chi connectivity index (χ1v) is 3.64. The van der Waals surface area contributed by atoms with E-state index in [1.165, 1.54) is 0 Å². The first kappa shape index (κ1) is 8.66. The summed E-state index contributed by atoms with van der Waals surface area (Å²) in [5.41, 5.74) is 0.0320. The highest BCUT2D eigenvalue weighted by molar-refractivity contribution is 7.81. The van der Waals surface area contributed by atoms with Crippen LogP contribution < -0.4 is 0 Å². The van der Waals surface area contributed by atoms with Crippen LogP contribution in [0.4, 0.5) is 0 Å². The van der Waals surface area contributed by atoms with Gasteiger partial charge < -0.3 is 4.74 Å². The highest BCUT2D eigenvalue weighted by Crippen LogP contribution is 1.99. The van der Waals surface area contributed by atoms with Crippen LogP contribution in [0, 0.1) is 0 Å². The lowest BCUT2D eigenvalue weighted by molar-refractivity contribution is 0.129. The first-order chi connectivity index (χ1) is 3.63. The molecule has 0 saturated carbocycles. The molecule has 1 nitrogen and oxygen atoms in total. The van der Waals surface area contributed by atoms with Crippen molar-refractivity contribution < 1.29 is 4.74 Å². The number of thiol groups is 2. The molecule has 0 fully saturated rings. The van der Waals surface area contributed by atoms with E-state index in [0.29, 0.717) is 11.9 Å². The van der Waals surface area contributed by atoms with Gasteiger partial charge in [-0.3, -0.25) is 0 Å². The molecule has 0 rings (SSSR count). The van der Waals surface area contributed by atoms with Crippen molar-refractivity contribution in [2.24, 2.45) is 0 Å². The highest BCUT2D eigenvalue weighted by Gasteiger charge is 1.96. The van der Waals surface area contributed by atoms with Gasteiger partial charge in [-0.1, -0.05) is 6.92 Å². The molecule has 0 bridgehead atoms. The Hall–Kier alpha value is 0.660. The zero-order valence-corrected chi connectivity index (χ0v) is 6.95. The van der Waals surface area contributed by atoms with Crippen molar-refractivity contribution in [1.82, 2.24) is 0 Å². The topological polar surface area (TPSA) is 9.23 Å². The van der Waals surface area contributed by atoms with E-state index < -0.39 is 0 Å². The van der Waals surface area contributed by atoms with Crippen LogP contribution in [0.1, 0.15) is 13.8 Å². The molecule has 0 aromatic heterocycles. The second kappa shape index (κ2) is 4.53. The average Bonchev–Trinajstić information content (AvgIpc) is 1.61. The van der Waals surface area contributed by atoms with Crippen LogP contribution in [0.25, 0.3) is 0 Å². The molecule has 0 saturated heterocycles. The van der Waals surface area contributed by atoms with Crippen molar-refractivity contribution >= 4 is 25.3 Å². The minimum Gasteiger partial charge on any atom is -0.367 e. The molecule has 0 amide bonds. The number of rotatable bonds is 3. The first-order valence-electron chi connectivity index (χ1n) is 2.60. The summed E-state index contributed by atoms with van der Waals surface area (Å²) < 4.78 is 5.09.